The highest BCUT2D eigenvalue weighted by Crippen LogP contribution is 2.76. The molecule has 182 valence electrons. The Morgan fingerprint density at radius 3 is 2.41 bits per heavy atom. The Hall–Kier alpha value is -0.630. The summed E-state index contributed by atoms with van der Waals surface area (Å²) in [4.78, 5) is 12.7. The van der Waals surface area contributed by atoms with Crippen LogP contribution in [0.5, 0.6) is 0 Å². The second-order valence-corrected chi connectivity index (χ2v) is 13.6. The van der Waals surface area contributed by atoms with E-state index >= 15 is 0 Å². The summed E-state index contributed by atoms with van der Waals surface area (Å²) in [7, 11) is 0. The van der Waals surface area contributed by atoms with Crippen LogP contribution < -0.4 is 0 Å². The molecule has 4 fully saturated rings. The van der Waals surface area contributed by atoms with Crippen molar-refractivity contribution in [2.45, 2.75) is 113 Å². The minimum absolute atomic E-state index is 0.193. The normalized spacial score (nSPS) is 49.9. The molecule has 2 nitrogen and oxygen atoms in total. The van der Waals surface area contributed by atoms with E-state index in [-0.39, 0.29) is 17.9 Å². The number of carbonyl (C=O) groups excluding carboxylic acids is 1. The fraction of sp³-hybridized carbons (Fsp3) is 0.900. The molecule has 0 aliphatic heterocycles. The quantitative estimate of drug-likeness (QED) is 0.445. The molecule has 0 aromatic rings. The summed E-state index contributed by atoms with van der Waals surface area (Å²) in [5, 5.41) is 9.32. The van der Waals surface area contributed by atoms with Gasteiger partial charge in [0.05, 0.1) is 6.61 Å². The van der Waals surface area contributed by atoms with Crippen molar-refractivity contribution in [3.05, 3.63) is 11.6 Å². The molecule has 32 heavy (non-hydrogen) atoms. The van der Waals surface area contributed by atoms with Gasteiger partial charge >= 0.3 is 0 Å². The molecule has 4 aliphatic rings. The van der Waals surface area contributed by atoms with Crippen LogP contribution in [0.4, 0.5) is 0 Å². The predicted molar refractivity (Wildman–Crippen MR) is 133 cm³/mol. The highest BCUT2D eigenvalue weighted by atomic mass is 16.3. The van der Waals surface area contributed by atoms with E-state index in [0.717, 1.165) is 42.6 Å². The summed E-state index contributed by atoms with van der Waals surface area (Å²) in [6, 6.07) is 0. The molecule has 2 heteroatoms. The Balaban J connectivity index is 1.58. The third kappa shape index (κ3) is 3.32. The van der Waals surface area contributed by atoms with Gasteiger partial charge in [-0.25, -0.2) is 0 Å². The molecule has 4 aliphatic carbocycles. The minimum Gasteiger partial charge on any atom is -0.392 e. The Kier molecular flexibility index (Phi) is 6.31. The van der Waals surface area contributed by atoms with Gasteiger partial charge in [0.25, 0.3) is 0 Å². The second kappa shape index (κ2) is 8.24. The zero-order chi connectivity index (χ0) is 23.5. The molecule has 9 atom stereocenters. The molecule has 4 rings (SSSR count). The summed E-state index contributed by atoms with van der Waals surface area (Å²) in [5.41, 5.74) is 2.60. The number of allylic oxidation sites excluding steroid dienone is 1. The lowest BCUT2D eigenvalue weighted by molar-refractivity contribution is -0.202. The maximum atomic E-state index is 12.7. The lowest BCUT2D eigenvalue weighted by atomic mass is 9.35. The van der Waals surface area contributed by atoms with Crippen molar-refractivity contribution >= 4 is 5.78 Å². The van der Waals surface area contributed by atoms with Gasteiger partial charge in [-0.05, 0) is 110 Å². The highest BCUT2D eigenvalue weighted by Gasteiger charge is 2.69. The van der Waals surface area contributed by atoms with Gasteiger partial charge < -0.3 is 5.11 Å². The number of hydrogen-bond acceptors (Lipinski definition) is 2. The molecule has 0 unspecified atom stereocenters. The van der Waals surface area contributed by atoms with Crippen LogP contribution in [0.25, 0.3) is 0 Å². The average molecular weight is 443 g/mol. The largest absolute Gasteiger partial charge is 0.392 e. The molecule has 1 N–H and O–H groups in total. The number of aliphatic hydroxyl groups excluding tert-OH is 1. The van der Waals surface area contributed by atoms with Crippen molar-refractivity contribution in [2.75, 3.05) is 6.61 Å². The van der Waals surface area contributed by atoms with Gasteiger partial charge in [0.2, 0.25) is 0 Å². The van der Waals surface area contributed by atoms with Gasteiger partial charge in [0, 0.05) is 12.3 Å². The van der Waals surface area contributed by atoms with Crippen LogP contribution in [0.1, 0.15) is 113 Å². The first-order chi connectivity index (χ1) is 14.9. The summed E-state index contributed by atoms with van der Waals surface area (Å²) in [6.07, 6.45) is 14.6. The van der Waals surface area contributed by atoms with Gasteiger partial charge in [0.1, 0.15) is 5.78 Å². The van der Waals surface area contributed by atoms with E-state index in [4.69, 9.17) is 0 Å². The minimum atomic E-state index is 0.193. The fourth-order valence-electron chi connectivity index (χ4n) is 10.2. The number of fused-ring (bicyclic) bond motifs is 5. The summed E-state index contributed by atoms with van der Waals surface area (Å²) >= 11 is 0. The lowest BCUT2D eigenvalue weighted by Crippen LogP contribution is -2.62. The van der Waals surface area contributed by atoms with E-state index < -0.39 is 0 Å². The summed E-state index contributed by atoms with van der Waals surface area (Å²) in [5.74, 6) is 3.85. The van der Waals surface area contributed by atoms with Crippen LogP contribution in [0.2, 0.25) is 0 Å². The summed E-state index contributed by atoms with van der Waals surface area (Å²) < 4.78 is 0. The van der Waals surface area contributed by atoms with E-state index in [1.807, 2.05) is 6.92 Å². The standard InChI is InChI=1S/C30H50O2/c1-20(19-31)9-8-10-21(2)23-13-16-30(7)26-14-15-27(4)22(3)24(32)11-12-25(27)28(26,5)17-18-29(23,30)6/h9,21-23,25-26,31H,8,10-19H2,1-7H3/b20-9-/t21-,22+,23+,25-,26+,27-,28+,29+,30-/m1/s1. The summed E-state index contributed by atoms with van der Waals surface area (Å²) in [6.45, 7) is 17.4. The Morgan fingerprint density at radius 2 is 1.72 bits per heavy atom. The maximum absolute atomic E-state index is 12.7. The van der Waals surface area contributed by atoms with E-state index in [9.17, 15) is 9.90 Å². The number of hydrogen-bond donors (Lipinski definition) is 1. The SMILES string of the molecule is C/C(=C/CC[C@@H](C)[C@@H]1CC[C@]2(C)[C@H]3CC[C@@]4(C)[C@@H](CCC(=O)[C@@H]4C)[C@]3(C)CC[C@@]12C)CO. The van der Waals surface area contributed by atoms with E-state index in [0.29, 0.717) is 27.9 Å². The number of Topliss-reactive ketones (excluding diaryl/α,β-unsaturated/α-hetero) is 1. The third-order valence-electron chi connectivity index (χ3n) is 12.6. The molecule has 0 aromatic heterocycles. The predicted octanol–water partition coefficient (Wildman–Crippen LogP) is 7.60. The van der Waals surface area contributed by atoms with Crippen LogP contribution in [0, 0.1) is 51.2 Å². The molecule has 0 spiro atoms. The molecule has 0 heterocycles. The Bertz CT molecular complexity index is 769. The van der Waals surface area contributed by atoms with Crippen molar-refractivity contribution in [2.24, 2.45) is 51.2 Å². The van der Waals surface area contributed by atoms with Crippen LogP contribution in [0.3, 0.4) is 0 Å². The number of carbonyl (C=O) groups is 1. The van der Waals surface area contributed by atoms with Crippen molar-refractivity contribution in [1.29, 1.82) is 0 Å². The molecule has 0 amide bonds. The van der Waals surface area contributed by atoms with Crippen LogP contribution >= 0.6 is 0 Å². The average Bonchev–Trinajstić information content (AvgIpc) is 3.02. The van der Waals surface area contributed by atoms with Gasteiger partial charge in [-0.15, -0.1) is 0 Å². The third-order valence-corrected chi connectivity index (χ3v) is 12.6. The Labute approximate surface area is 198 Å². The molecular formula is C30H50O2. The zero-order valence-corrected chi connectivity index (χ0v) is 22.1. The van der Waals surface area contributed by atoms with Crippen molar-refractivity contribution in [3.63, 3.8) is 0 Å². The molecule has 0 radical (unpaired) electrons. The Morgan fingerprint density at radius 1 is 1.00 bits per heavy atom. The molecule has 0 saturated heterocycles. The van der Waals surface area contributed by atoms with Crippen molar-refractivity contribution in [3.8, 4) is 0 Å². The van der Waals surface area contributed by atoms with E-state index in [2.05, 4.69) is 47.6 Å². The topological polar surface area (TPSA) is 37.3 Å². The van der Waals surface area contributed by atoms with Gasteiger partial charge in [-0.3, -0.25) is 4.79 Å². The molecule has 4 saturated carbocycles. The second-order valence-electron chi connectivity index (χ2n) is 13.6. The van der Waals surface area contributed by atoms with Crippen molar-refractivity contribution < 1.29 is 9.90 Å². The van der Waals surface area contributed by atoms with Crippen LogP contribution in [-0.4, -0.2) is 17.5 Å². The molecular weight excluding hydrogens is 392 g/mol. The zero-order valence-electron chi connectivity index (χ0n) is 22.1. The number of aliphatic hydroxyl groups is 1. The van der Waals surface area contributed by atoms with E-state index in [1.54, 1.807) is 0 Å². The first-order valence-corrected chi connectivity index (χ1v) is 13.7. The highest BCUT2D eigenvalue weighted by molar-refractivity contribution is 5.82. The molecule has 0 bridgehead atoms. The van der Waals surface area contributed by atoms with Gasteiger partial charge in [-0.2, -0.15) is 0 Å². The van der Waals surface area contributed by atoms with Crippen LogP contribution in [-0.2, 0) is 4.79 Å². The van der Waals surface area contributed by atoms with E-state index in [1.165, 1.54) is 44.9 Å². The fourth-order valence-corrected chi connectivity index (χ4v) is 10.2. The number of rotatable bonds is 5. The monoisotopic (exact) mass is 442 g/mol. The van der Waals surface area contributed by atoms with Crippen molar-refractivity contribution in [1.82, 2.24) is 0 Å². The van der Waals surface area contributed by atoms with Gasteiger partial charge in [0.15, 0.2) is 0 Å². The number of ketones is 1. The smallest absolute Gasteiger partial charge is 0.136 e. The molecule has 0 aromatic carbocycles. The van der Waals surface area contributed by atoms with Gasteiger partial charge in [-0.1, -0.05) is 53.2 Å². The first kappa shape index (κ1) is 24.5. The first-order valence-electron chi connectivity index (χ1n) is 13.7. The maximum Gasteiger partial charge on any atom is 0.136 e. The van der Waals surface area contributed by atoms with Crippen LogP contribution in [0.15, 0.2) is 11.6 Å². The lowest BCUT2D eigenvalue weighted by Gasteiger charge is -2.69.